The number of nitrogens with one attached hydrogen (secondary N) is 1. The molecule has 2 aromatic heterocycles. The van der Waals surface area contributed by atoms with Crippen molar-refractivity contribution in [2.75, 3.05) is 33.9 Å². The maximum atomic E-state index is 13.9. The van der Waals surface area contributed by atoms with E-state index in [9.17, 15) is 14.4 Å². The minimum absolute atomic E-state index is 0.0128. The van der Waals surface area contributed by atoms with Crippen molar-refractivity contribution < 1.29 is 28.6 Å². The summed E-state index contributed by atoms with van der Waals surface area (Å²) < 4.78 is 17.9. The summed E-state index contributed by atoms with van der Waals surface area (Å²) in [6, 6.07) is 19.0. The van der Waals surface area contributed by atoms with Gasteiger partial charge in [0.2, 0.25) is 5.91 Å². The lowest BCUT2D eigenvalue weighted by Crippen LogP contribution is -2.46. The summed E-state index contributed by atoms with van der Waals surface area (Å²) in [5.41, 5.74) is 4.35. The highest BCUT2D eigenvalue weighted by Gasteiger charge is 2.30. The molecule has 0 spiro atoms. The predicted octanol–water partition coefficient (Wildman–Crippen LogP) is 6.15. The second kappa shape index (κ2) is 16.1. The number of pyridine rings is 1. The van der Waals surface area contributed by atoms with E-state index in [2.05, 4.69) is 20.9 Å². The number of hydrogen-bond donors (Lipinski definition) is 1. The lowest BCUT2D eigenvalue weighted by molar-refractivity contribution is -0.133. The van der Waals surface area contributed by atoms with Crippen LogP contribution >= 0.6 is 0 Å². The van der Waals surface area contributed by atoms with Crippen LogP contribution in [0, 0.1) is 0 Å². The molecule has 1 aliphatic heterocycles. The molecule has 0 radical (unpaired) electrons. The fourth-order valence-corrected chi connectivity index (χ4v) is 6.32. The fourth-order valence-electron chi connectivity index (χ4n) is 6.32. The van der Waals surface area contributed by atoms with Crippen LogP contribution in [0.15, 0.2) is 66.9 Å². The monoisotopic (exact) mass is 669 g/mol. The molecule has 2 aromatic carbocycles. The number of fused-ring (bicyclic) bond motifs is 1. The second-order valence-electron chi connectivity index (χ2n) is 13.5. The van der Waals surface area contributed by atoms with E-state index in [0.29, 0.717) is 26.1 Å². The number of piperidine rings is 1. The van der Waals surface area contributed by atoms with Crippen molar-refractivity contribution in [2.24, 2.45) is 0 Å². The predicted molar refractivity (Wildman–Crippen MR) is 187 cm³/mol. The first kappa shape index (κ1) is 35.5. The number of ether oxygens (including phenoxy) is 3. The van der Waals surface area contributed by atoms with Gasteiger partial charge >= 0.3 is 12.1 Å². The van der Waals surface area contributed by atoms with Crippen LogP contribution in [0.5, 0.6) is 0 Å². The molecule has 1 N–H and O–H groups in total. The molecule has 0 bridgehead atoms. The Kier molecular flexibility index (Phi) is 11.7. The van der Waals surface area contributed by atoms with E-state index < -0.39 is 23.7 Å². The van der Waals surface area contributed by atoms with Gasteiger partial charge in [-0.05, 0) is 75.8 Å². The number of imidazole rings is 1. The van der Waals surface area contributed by atoms with E-state index in [-0.39, 0.29) is 23.9 Å². The van der Waals surface area contributed by atoms with E-state index in [1.807, 2.05) is 74.2 Å². The first-order chi connectivity index (χ1) is 23.5. The molecule has 3 heterocycles. The molecule has 2 amide bonds. The molecule has 1 aliphatic rings. The molecule has 2 atom stereocenters. The van der Waals surface area contributed by atoms with Gasteiger partial charge in [-0.2, -0.15) is 0 Å². The zero-order chi connectivity index (χ0) is 35.0. The molecule has 1 saturated heterocycles. The third-order valence-corrected chi connectivity index (χ3v) is 8.62. The Bertz CT molecular complexity index is 1730. The topological polar surface area (TPSA) is 125 Å². The van der Waals surface area contributed by atoms with E-state index in [1.54, 1.807) is 19.4 Å². The number of esters is 1. The molecule has 49 heavy (non-hydrogen) atoms. The highest BCUT2D eigenvalue weighted by molar-refractivity contribution is 5.87. The van der Waals surface area contributed by atoms with Crippen LogP contribution < -0.4 is 5.32 Å². The van der Waals surface area contributed by atoms with E-state index in [4.69, 9.17) is 19.2 Å². The van der Waals surface area contributed by atoms with Gasteiger partial charge < -0.3 is 29.0 Å². The largest absolute Gasteiger partial charge is 0.464 e. The summed E-state index contributed by atoms with van der Waals surface area (Å²) in [4.78, 5) is 49.7. The average Bonchev–Trinajstić information content (AvgIpc) is 3.46. The standard InChI is InChI=1S/C38H47N5O6/c1-38(2,3)49-37(46)40-30(22-26-13-15-27(16-14-26)28-17-18-32(39-24-28)36(45)48-5)23-34(44)42-19-8-10-29(25-42)35-41-31-11-6-7-12-33(31)43(35)20-9-21-47-4/h6-7,11-18,24,29-30H,8-10,19-23,25H2,1-5H3,(H,40,46)/t29-,30-/m1/s1. The van der Waals surface area contributed by atoms with Crippen molar-refractivity contribution in [1.29, 1.82) is 0 Å². The van der Waals surface area contributed by atoms with Crippen LogP contribution in [0.25, 0.3) is 22.2 Å². The summed E-state index contributed by atoms with van der Waals surface area (Å²) in [6.45, 7) is 8.14. The van der Waals surface area contributed by atoms with Crippen LogP contribution in [0.1, 0.15) is 74.2 Å². The quantitative estimate of drug-likeness (QED) is 0.141. The third kappa shape index (κ3) is 9.44. The number of carbonyl (C=O) groups is 3. The van der Waals surface area contributed by atoms with E-state index in [0.717, 1.165) is 59.4 Å². The van der Waals surface area contributed by atoms with Crippen LogP contribution in [0.3, 0.4) is 0 Å². The Hall–Kier alpha value is -4.77. The number of methoxy groups -OCH3 is 2. The van der Waals surface area contributed by atoms with Crippen LogP contribution in [-0.4, -0.2) is 83.0 Å². The highest BCUT2D eigenvalue weighted by Crippen LogP contribution is 2.30. The molecule has 11 nitrogen and oxygen atoms in total. The van der Waals surface area contributed by atoms with Gasteiger partial charge in [0.25, 0.3) is 0 Å². The SMILES string of the molecule is COCCCn1c([C@@H]2CCCN(C(=O)C[C@@H](Cc3ccc(-c4ccc(C(=O)OC)nc4)cc3)NC(=O)OC(C)(C)C)C2)nc2ccccc21. The number of likely N-dealkylation sites (tertiary alicyclic amines) is 1. The minimum atomic E-state index is -0.674. The molecular formula is C38H47N5O6. The van der Waals surface area contributed by atoms with Gasteiger partial charge in [0.05, 0.1) is 18.1 Å². The molecule has 11 heteroatoms. The van der Waals surface area contributed by atoms with Gasteiger partial charge in [-0.3, -0.25) is 4.79 Å². The lowest BCUT2D eigenvalue weighted by Gasteiger charge is -2.34. The first-order valence-electron chi connectivity index (χ1n) is 16.9. The second-order valence-corrected chi connectivity index (χ2v) is 13.5. The molecular weight excluding hydrogens is 622 g/mol. The van der Waals surface area contributed by atoms with Crippen LogP contribution in [0.2, 0.25) is 0 Å². The van der Waals surface area contributed by atoms with Crippen molar-refractivity contribution in [2.45, 2.75) is 77.0 Å². The smallest absolute Gasteiger partial charge is 0.407 e. The van der Waals surface area contributed by atoms with Crippen molar-refractivity contribution in [3.05, 3.63) is 83.9 Å². The number of alkyl carbamates (subject to hydrolysis) is 1. The normalized spacial score (nSPS) is 15.5. The third-order valence-electron chi connectivity index (χ3n) is 8.62. The maximum absolute atomic E-state index is 13.9. The van der Waals surface area contributed by atoms with Crippen molar-refractivity contribution >= 4 is 29.0 Å². The van der Waals surface area contributed by atoms with Gasteiger partial charge in [0.1, 0.15) is 17.1 Å². The Balaban J connectivity index is 1.30. The van der Waals surface area contributed by atoms with Crippen molar-refractivity contribution in [1.82, 2.24) is 24.8 Å². The Morgan fingerprint density at radius 1 is 1.00 bits per heavy atom. The maximum Gasteiger partial charge on any atom is 0.407 e. The van der Waals surface area contributed by atoms with Gasteiger partial charge in [-0.25, -0.2) is 19.6 Å². The summed E-state index contributed by atoms with van der Waals surface area (Å²) in [5, 5.41) is 2.97. The van der Waals surface area contributed by atoms with E-state index >= 15 is 0 Å². The molecule has 0 saturated carbocycles. The lowest BCUT2D eigenvalue weighted by atomic mass is 9.95. The molecule has 5 rings (SSSR count). The minimum Gasteiger partial charge on any atom is -0.464 e. The Morgan fingerprint density at radius 2 is 1.76 bits per heavy atom. The van der Waals surface area contributed by atoms with E-state index in [1.165, 1.54) is 7.11 Å². The molecule has 260 valence electrons. The van der Waals surface area contributed by atoms with Crippen molar-refractivity contribution in [3.63, 3.8) is 0 Å². The highest BCUT2D eigenvalue weighted by atomic mass is 16.6. The van der Waals surface area contributed by atoms with Gasteiger partial charge in [-0.15, -0.1) is 0 Å². The van der Waals surface area contributed by atoms with Crippen LogP contribution in [0.4, 0.5) is 4.79 Å². The zero-order valence-corrected chi connectivity index (χ0v) is 29.1. The van der Waals surface area contributed by atoms with Gasteiger partial charge in [-0.1, -0.05) is 42.5 Å². The number of carbonyl (C=O) groups excluding carboxylic acids is 3. The molecule has 4 aromatic rings. The number of amides is 2. The fraction of sp³-hybridized carbons (Fsp3) is 0.447. The number of aromatic nitrogens is 3. The average molecular weight is 670 g/mol. The number of hydrogen-bond acceptors (Lipinski definition) is 8. The van der Waals surface area contributed by atoms with Crippen molar-refractivity contribution in [3.8, 4) is 11.1 Å². The summed E-state index contributed by atoms with van der Waals surface area (Å²) in [6.07, 6.45) is 4.35. The van der Waals surface area contributed by atoms with Crippen LogP contribution in [-0.2, 0) is 32.0 Å². The first-order valence-corrected chi connectivity index (χ1v) is 16.9. The van der Waals surface area contributed by atoms with Gasteiger partial charge in [0, 0.05) is 63.5 Å². The summed E-state index contributed by atoms with van der Waals surface area (Å²) >= 11 is 0. The number of rotatable bonds is 12. The molecule has 0 unspecified atom stereocenters. The summed E-state index contributed by atoms with van der Waals surface area (Å²) in [7, 11) is 3.03. The number of benzene rings is 2. The zero-order valence-electron chi connectivity index (χ0n) is 29.1. The molecule has 1 fully saturated rings. The number of para-hydroxylation sites is 2. The molecule has 0 aliphatic carbocycles. The number of aryl methyl sites for hydroxylation is 1. The number of nitrogens with zero attached hydrogens (tertiary/aromatic N) is 4. The van der Waals surface area contributed by atoms with Gasteiger partial charge in [0.15, 0.2) is 0 Å². The summed E-state index contributed by atoms with van der Waals surface area (Å²) in [5.74, 6) is 0.612. The Morgan fingerprint density at radius 3 is 2.45 bits per heavy atom. The Labute approximate surface area is 288 Å².